The molecule has 1 N–H and O–H groups in total. The molecular formula is C15H25IN4S. The predicted molar refractivity (Wildman–Crippen MR) is 105 cm³/mol. The van der Waals surface area contributed by atoms with Crippen molar-refractivity contribution in [2.24, 2.45) is 4.99 Å². The van der Waals surface area contributed by atoms with Gasteiger partial charge in [0.2, 0.25) is 0 Å². The molecular weight excluding hydrogens is 395 g/mol. The van der Waals surface area contributed by atoms with Crippen molar-refractivity contribution in [1.29, 1.82) is 0 Å². The van der Waals surface area contributed by atoms with Gasteiger partial charge < -0.3 is 15.1 Å². The summed E-state index contributed by atoms with van der Waals surface area (Å²) in [7, 11) is 1.87. The Kier molecular flexibility index (Phi) is 8.91. The number of rotatable bonds is 4. The number of nitrogens with zero attached hydrogens (tertiary/aromatic N) is 3. The van der Waals surface area contributed by atoms with Crippen LogP contribution in [0.3, 0.4) is 0 Å². The van der Waals surface area contributed by atoms with Crippen molar-refractivity contribution < 1.29 is 0 Å². The Hall–Kier alpha value is -0.630. The summed E-state index contributed by atoms with van der Waals surface area (Å²) in [5, 5.41) is 3.43. The molecule has 118 valence electrons. The van der Waals surface area contributed by atoms with E-state index < -0.39 is 0 Å². The van der Waals surface area contributed by atoms with E-state index >= 15 is 0 Å². The number of nitrogens with one attached hydrogen (secondary N) is 1. The molecule has 0 aliphatic carbocycles. The van der Waals surface area contributed by atoms with E-state index in [0.29, 0.717) is 0 Å². The Bertz CT molecular complexity index is 419. The number of hydrogen-bond acceptors (Lipinski definition) is 3. The maximum atomic E-state index is 4.38. The number of aliphatic imine (C=N–C) groups is 1. The van der Waals surface area contributed by atoms with Crippen LogP contribution in [0.5, 0.6) is 0 Å². The molecule has 0 saturated carbocycles. The molecule has 0 spiro atoms. The summed E-state index contributed by atoms with van der Waals surface area (Å²) in [6.45, 7) is 5.12. The second-order valence-electron chi connectivity index (χ2n) is 4.78. The lowest BCUT2D eigenvalue weighted by atomic mass is 10.2. The second-order valence-corrected chi connectivity index (χ2v) is 5.76. The summed E-state index contributed by atoms with van der Waals surface area (Å²) in [5.41, 5.74) is 1.32. The summed E-state index contributed by atoms with van der Waals surface area (Å²) in [4.78, 5) is 9.17. The highest BCUT2D eigenvalue weighted by atomic mass is 127. The lowest BCUT2D eigenvalue weighted by molar-refractivity contribution is 0.373. The standard InChI is InChI=1S/C15H24N4S.HI/c1-16-15(17-8-13-20-2)19-11-9-18(10-12-19)14-6-4-3-5-7-14;/h3-7H,8-13H2,1-2H3,(H,16,17);1H. The van der Waals surface area contributed by atoms with Gasteiger partial charge in [0.1, 0.15) is 0 Å². The molecule has 1 aliphatic rings. The maximum absolute atomic E-state index is 4.38. The van der Waals surface area contributed by atoms with Gasteiger partial charge in [-0.25, -0.2) is 0 Å². The number of para-hydroxylation sites is 1. The first kappa shape index (κ1) is 18.4. The van der Waals surface area contributed by atoms with Gasteiger partial charge in [-0.3, -0.25) is 4.99 Å². The zero-order chi connectivity index (χ0) is 14.2. The number of guanidine groups is 1. The van der Waals surface area contributed by atoms with Crippen LogP contribution in [0, 0.1) is 0 Å². The molecule has 1 aromatic rings. The van der Waals surface area contributed by atoms with E-state index in [1.807, 2.05) is 18.8 Å². The normalized spacial score (nSPS) is 15.6. The van der Waals surface area contributed by atoms with Crippen LogP contribution in [0.25, 0.3) is 0 Å². The highest BCUT2D eigenvalue weighted by Gasteiger charge is 2.19. The molecule has 4 nitrogen and oxygen atoms in total. The van der Waals surface area contributed by atoms with E-state index in [-0.39, 0.29) is 24.0 Å². The summed E-state index contributed by atoms with van der Waals surface area (Å²) < 4.78 is 0. The van der Waals surface area contributed by atoms with Crippen LogP contribution >= 0.6 is 35.7 Å². The molecule has 0 amide bonds. The number of halogens is 1. The number of thioether (sulfide) groups is 1. The molecule has 0 unspecified atom stereocenters. The largest absolute Gasteiger partial charge is 0.368 e. The van der Waals surface area contributed by atoms with Crippen molar-refractivity contribution in [2.45, 2.75) is 0 Å². The van der Waals surface area contributed by atoms with Crippen LogP contribution in [0.15, 0.2) is 35.3 Å². The molecule has 2 rings (SSSR count). The van der Waals surface area contributed by atoms with Crippen LogP contribution in [0.4, 0.5) is 5.69 Å². The summed E-state index contributed by atoms with van der Waals surface area (Å²) in [5.74, 6) is 2.15. The third kappa shape index (κ3) is 5.58. The monoisotopic (exact) mass is 420 g/mol. The molecule has 0 aromatic heterocycles. The molecule has 1 fully saturated rings. The van der Waals surface area contributed by atoms with Gasteiger partial charge in [0, 0.05) is 51.2 Å². The van der Waals surface area contributed by atoms with Gasteiger partial charge in [0.15, 0.2) is 5.96 Å². The molecule has 1 aliphatic heterocycles. The van der Waals surface area contributed by atoms with Crippen molar-refractivity contribution in [3.63, 3.8) is 0 Å². The fourth-order valence-corrected chi connectivity index (χ4v) is 2.72. The topological polar surface area (TPSA) is 30.9 Å². The molecule has 1 saturated heterocycles. The molecule has 6 heteroatoms. The van der Waals surface area contributed by atoms with Crippen molar-refractivity contribution in [2.75, 3.05) is 56.7 Å². The SMILES string of the molecule is CN=C(NCCSC)N1CCN(c2ccccc2)CC1.I. The molecule has 0 bridgehead atoms. The van der Waals surface area contributed by atoms with Gasteiger partial charge in [-0.1, -0.05) is 18.2 Å². The van der Waals surface area contributed by atoms with Gasteiger partial charge in [-0.05, 0) is 18.4 Å². The number of benzene rings is 1. The average Bonchev–Trinajstić information content (AvgIpc) is 2.53. The van der Waals surface area contributed by atoms with Gasteiger partial charge >= 0.3 is 0 Å². The van der Waals surface area contributed by atoms with Gasteiger partial charge in [0.25, 0.3) is 0 Å². The third-order valence-electron chi connectivity index (χ3n) is 3.50. The first-order chi connectivity index (χ1) is 9.85. The minimum Gasteiger partial charge on any atom is -0.368 e. The van der Waals surface area contributed by atoms with E-state index in [4.69, 9.17) is 0 Å². The van der Waals surface area contributed by atoms with E-state index in [2.05, 4.69) is 56.7 Å². The zero-order valence-corrected chi connectivity index (χ0v) is 15.9. The van der Waals surface area contributed by atoms with Crippen molar-refractivity contribution in [3.05, 3.63) is 30.3 Å². The number of anilines is 1. The van der Waals surface area contributed by atoms with Crippen LogP contribution in [-0.4, -0.2) is 62.6 Å². The van der Waals surface area contributed by atoms with Gasteiger partial charge in [-0.15, -0.1) is 24.0 Å². The fourth-order valence-electron chi connectivity index (χ4n) is 2.41. The maximum Gasteiger partial charge on any atom is 0.193 e. The van der Waals surface area contributed by atoms with Crippen molar-refractivity contribution in [1.82, 2.24) is 10.2 Å². The Morgan fingerprint density at radius 3 is 2.43 bits per heavy atom. The Morgan fingerprint density at radius 1 is 1.19 bits per heavy atom. The van der Waals surface area contributed by atoms with E-state index in [1.165, 1.54) is 5.69 Å². The lowest BCUT2D eigenvalue weighted by Crippen LogP contribution is -2.52. The second kappa shape index (κ2) is 10.2. The first-order valence-electron chi connectivity index (χ1n) is 7.09. The van der Waals surface area contributed by atoms with Crippen LogP contribution in [-0.2, 0) is 0 Å². The highest BCUT2D eigenvalue weighted by Crippen LogP contribution is 2.15. The first-order valence-corrected chi connectivity index (χ1v) is 8.49. The van der Waals surface area contributed by atoms with Gasteiger partial charge in [-0.2, -0.15) is 11.8 Å². The third-order valence-corrected chi connectivity index (χ3v) is 4.11. The molecule has 0 atom stereocenters. The Labute approximate surface area is 149 Å². The van der Waals surface area contributed by atoms with Crippen molar-refractivity contribution >= 4 is 47.4 Å². The minimum absolute atomic E-state index is 0. The number of piperazine rings is 1. The smallest absolute Gasteiger partial charge is 0.193 e. The Balaban J connectivity index is 0.00000220. The summed E-state index contributed by atoms with van der Waals surface area (Å²) >= 11 is 1.85. The Morgan fingerprint density at radius 2 is 1.86 bits per heavy atom. The summed E-state index contributed by atoms with van der Waals surface area (Å²) in [6.07, 6.45) is 2.13. The highest BCUT2D eigenvalue weighted by molar-refractivity contribution is 14.0. The van der Waals surface area contributed by atoms with Gasteiger partial charge in [0.05, 0.1) is 0 Å². The summed E-state index contributed by atoms with van der Waals surface area (Å²) in [6, 6.07) is 10.6. The van der Waals surface area contributed by atoms with E-state index in [0.717, 1.165) is 44.4 Å². The van der Waals surface area contributed by atoms with E-state index in [1.54, 1.807) is 0 Å². The van der Waals surface area contributed by atoms with Crippen LogP contribution < -0.4 is 10.2 Å². The van der Waals surface area contributed by atoms with E-state index in [9.17, 15) is 0 Å². The van der Waals surface area contributed by atoms with Crippen LogP contribution in [0.1, 0.15) is 0 Å². The minimum atomic E-state index is 0. The molecule has 0 radical (unpaired) electrons. The molecule has 1 heterocycles. The predicted octanol–water partition coefficient (Wildman–Crippen LogP) is 2.37. The number of hydrogen-bond donors (Lipinski definition) is 1. The fraction of sp³-hybridized carbons (Fsp3) is 0.533. The molecule has 21 heavy (non-hydrogen) atoms. The molecule has 1 aromatic carbocycles. The average molecular weight is 420 g/mol. The van der Waals surface area contributed by atoms with Crippen LogP contribution in [0.2, 0.25) is 0 Å². The lowest BCUT2D eigenvalue weighted by Gasteiger charge is -2.37. The van der Waals surface area contributed by atoms with Crippen molar-refractivity contribution in [3.8, 4) is 0 Å². The zero-order valence-electron chi connectivity index (χ0n) is 12.8. The quantitative estimate of drug-likeness (QED) is 0.351.